The number of fused-ring (bicyclic) bond motifs is 2. The largest absolute Gasteiger partial charge is 0.353 e. The second kappa shape index (κ2) is 6.28. The van der Waals surface area contributed by atoms with Gasteiger partial charge in [-0.2, -0.15) is 0 Å². The summed E-state index contributed by atoms with van der Waals surface area (Å²) in [5, 5.41) is 3.38. The van der Waals surface area contributed by atoms with Crippen LogP contribution in [0.25, 0.3) is 0 Å². The molecule has 0 heterocycles. The minimum absolute atomic E-state index is 0.228. The van der Waals surface area contributed by atoms with Crippen molar-refractivity contribution in [3.8, 4) is 0 Å². The molecule has 0 aromatic rings. The summed E-state index contributed by atoms with van der Waals surface area (Å²) < 4.78 is 0. The van der Waals surface area contributed by atoms with E-state index in [0.717, 1.165) is 25.2 Å². The molecule has 3 nitrogen and oxygen atoms in total. The number of rotatable bonds is 2. The van der Waals surface area contributed by atoms with Crippen LogP contribution in [0.4, 0.5) is 0 Å². The highest BCUT2D eigenvalue weighted by molar-refractivity contribution is 5.79. The van der Waals surface area contributed by atoms with Gasteiger partial charge < -0.3 is 11.1 Å². The van der Waals surface area contributed by atoms with E-state index in [1.54, 1.807) is 0 Å². The first-order chi connectivity index (χ1) is 10.0. The molecule has 3 fully saturated rings. The zero-order valence-electron chi connectivity index (χ0n) is 13.7. The van der Waals surface area contributed by atoms with E-state index >= 15 is 0 Å². The maximum atomic E-state index is 12.7. The topological polar surface area (TPSA) is 55.1 Å². The summed E-state index contributed by atoms with van der Waals surface area (Å²) in [6, 6.07) is 0.765. The van der Waals surface area contributed by atoms with Gasteiger partial charge in [-0.3, -0.25) is 4.79 Å². The third-order valence-corrected chi connectivity index (χ3v) is 6.54. The summed E-state index contributed by atoms with van der Waals surface area (Å²) in [7, 11) is 0. The van der Waals surface area contributed by atoms with E-state index < -0.39 is 0 Å². The van der Waals surface area contributed by atoms with Crippen LogP contribution in [-0.4, -0.2) is 18.0 Å². The van der Waals surface area contributed by atoms with Crippen molar-refractivity contribution in [3.63, 3.8) is 0 Å². The standard InChI is InChI=1S/C18H32N2O/c1-11-6-7-16(12(2)8-11)20-18(21)15-9-13-4-3-5-14(10-15)17(13)19/h11-17H,3-10,19H2,1-2H3,(H,20,21). The summed E-state index contributed by atoms with van der Waals surface area (Å²) in [6.07, 6.45) is 9.52. The van der Waals surface area contributed by atoms with Crippen molar-refractivity contribution in [3.05, 3.63) is 0 Å². The molecule has 3 heteroatoms. The lowest BCUT2D eigenvalue weighted by atomic mass is 9.65. The summed E-state index contributed by atoms with van der Waals surface area (Å²) >= 11 is 0. The molecule has 0 saturated heterocycles. The van der Waals surface area contributed by atoms with Crippen LogP contribution in [0, 0.1) is 29.6 Å². The lowest BCUT2D eigenvalue weighted by Crippen LogP contribution is -2.51. The molecule has 0 aromatic heterocycles. The Labute approximate surface area is 129 Å². The number of carbonyl (C=O) groups is 1. The highest BCUT2D eigenvalue weighted by Crippen LogP contribution is 2.42. The number of hydrogen-bond donors (Lipinski definition) is 2. The molecule has 0 spiro atoms. The van der Waals surface area contributed by atoms with Crippen LogP contribution in [0.15, 0.2) is 0 Å². The molecule has 3 N–H and O–H groups in total. The van der Waals surface area contributed by atoms with Crippen LogP contribution < -0.4 is 11.1 Å². The van der Waals surface area contributed by atoms with E-state index in [1.165, 1.54) is 32.1 Å². The van der Waals surface area contributed by atoms with Gasteiger partial charge in [0.2, 0.25) is 5.91 Å². The van der Waals surface area contributed by atoms with Crippen LogP contribution in [-0.2, 0) is 4.79 Å². The van der Waals surface area contributed by atoms with Crippen molar-refractivity contribution in [2.75, 3.05) is 0 Å². The number of hydrogen-bond acceptors (Lipinski definition) is 2. The maximum Gasteiger partial charge on any atom is 0.223 e. The van der Waals surface area contributed by atoms with Gasteiger partial charge in [-0.15, -0.1) is 0 Å². The molecule has 3 aliphatic rings. The Morgan fingerprint density at radius 2 is 1.67 bits per heavy atom. The molecule has 3 aliphatic carbocycles. The molecular formula is C18H32N2O. The summed E-state index contributed by atoms with van der Waals surface area (Å²) in [6.45, 7) is 4.63. The van der Waals surface area contributed by atoms with E-state index in [-0.39, 0.29) is 5.92 Å². The molecule has 0 aliphatic heterocycles. The highest BCUT2D eigenvalue weighted by atomic mass is 16.1. The van der Waals surface area contributed by atoms with Gasteiger partial charge in [-0.25, -0.2) is 0 Å². The van der Waals surface area contributed by atoms with Crippen LogP contribution in [0.5, 0.6) is 0 Å². The fraction of sp³-hybridized carbons (Fsp3) is 0.944. The van der Waals surface area contributed by atoms with E-state index in [1.807, 2.05) is 0 Å². The van der Waals surface area contributed by atoms with Gasteiger partial charge in [0, 0.05) is 18.0 Å². The third-order valence-electron chi connectivity index (χ3n) is 6.54. The molecule has 1 amide bonds. The van der Waals surface area contributed by atoms with Crippen molar-refractivity contribution in [1.82, 2.24) is 5.32 Å². The van der Waals surface area contributed by atoms with Crippen molar-refractivity contribution in [2.45, 2.75) is 77.3 Å². The molecular weight excluding hydrogens is 260 g/mol. The van der Waals surface area contributed by atoms with E-state index in [0.29, 0.717) is 35.7 Å². The molecule has 21 heavy (non-hydrogen) atoms. The fourth-order valence-electron chi connectivity index (χ4n) is 5.18. The van der Waals surface area contributed by atoms with Gasteiger partial charge >= 0.3 is 0 Å². The minimum atomic E-state index is 0.228. The fourth-order valence-corrected chi connectivity index (χ4v) is 5.18. The predicted octanol–water partition coefficient (Wildman–Crippen LogP) is 3.08. The second-order valence-corrected chi connectivity index (χ2v) is 8.21. The predicted molar refractivity (Wildman–Crippen MR) is 85.6 cm³/mol. The zero-order chi connectivity index (χ0) is 15.0. The monoisotopic (exact) mass is 292 g/mol. The molecule has 5 unspecified atom stereocenters. The summed E-state index contributed by atoms with van der Waals surface area (Å²) in [4.78, 5) is 12.7. The van der Waals surface area contributed by atoms with Gasteiger partial charge in [0.15, 0.2) is 0 Å². The zero-order valence-corrected chi connectivity index (χ0v) is 13.7. The molecule has 2 bridgehead atoms. The molecule has 0 aromatic carbocycles. The average Bonchev–Trinajstić information content (AvgIpc) is 2.41. The lowest BCUT2D eigenvalue weighted by molar-refractivity contribution is -0.129. The third kappa shape index (κ3) is 3.28. The molecule has 0 radical (unpaired) electrons. The Hall–Kier alpha value is -0.570. The van der Waals surface area contributed by atoms with Crippen molar-refractivity contribution in [2.24, 2.45) is 35.3 Å². The van der Waals surface area contributed by atoms with E-state index in [4.69, 9.17) is 5.73 Å². The van der Waals surface area contributed by atoms with Crippen molar-refractivity contribution >= 4 is 5.91 Å². The van der Waals surface area contributed by atoms with Gasteiger partial charge in [0.05, 0.1) is 0 Å². The van der Waals surface area contributed by atoms with Crippen LogP contribution in [0.2, 0.25) is 0 Å². The smallest absolute Gasteiger partial charge is 0.223 e. The van der Waals surface area contributed by atoms with Gasteiger partial charge in [0.1, 0.15) is 0 Å². The van der Waals surface area contributed by atoms with Crippen LogP contribution in [0.1, 0.15) is 65.2 Å². The van der Waals surface area contributed by atoms with E-state index in [9.17, 15) is 4.79 Å². The van der Waals surface area contributed by atoms with Crippen molar-refractivity contribution < 1.29 is 4.79 Å². The normalized spacial score (nSPS) is 46.9. The summed E-state index contributed by atoms with van der Waals surface area (Å²) in [5.41, 5.74) is 6.34. The van der Waals surface area contributed by atoms with Crippen LogP contribution >= 0.6 is 0 Å². The molecule has 3 saturated carbocycles. The SMILES string of the molecule is CC1CCC(NC(=O)C2CC3CCCC(C2)C3N)C(C)C1. The molecule has 5 atom stereocenters. The molecule has 120 valence electrons. The minimum Gasteiger partial charge on any atom is -0.353 e. The average molecular weight is 292 g/mol. The first-order valence-electron chi connectivity index (χ1n) is 9.10. The van der Waals surface area contributed by atoms with Crippen molar-refractivity contribution in [1.29, 1.82) is 0 Å². The molecule has 3 rings (SSSR count). The first kappa shape index (κ1) is 15.3. The number of amides is 1. The number of carbonyl (C=O) groups excluding carboxylic acids is 1. The Morgan fingerprint density at radius 1 is 1.00 bits per heavy atom. The van der Waals surface area contributed by atoms with Gasteiger partial charge in [-0.1, -0.05) is 20.3 Å². The van der Waals surface area contributed by atoms with Gasteiger partial charge in [0.25, 0.3) is 0 Å². The second-order valence-electron chi connectivity index (χ2n) is 8.21. The number of nitrogens with one attached hydrogen (secondary N) is 1. The quantitative estimate of drug-likeness (QED) is 0.822. The Morgan fingerprint density at radius 3 is 2.29 bits per heavy atom. The maximum absolute atomic E-state index is 12.7. The Kier molecular flexibility index (Phi) is 4.58. The van der Waals surface area contributed by atoms with Crippen LogP contribution in [0.3, 0.4) is 0 Å². The number of nitrogens with two attached hydrogens (primary N) is 1. The van der Waals surface area contributed by atoms with E-state index in [2.05, 4.69) is 19.2 Å². The highest BCUT2D eigenvalue weighted by Gasteiger charge is 2.41. The Balaban J connectivity index is 1.56. The summed E-state index contributed by atoms with van der Waals surface area (Å²) in [5.74, 6) is 3.19. The Bertz CT molecular complexity index is 369. The lowest BCUT2D eigenvalue weighted by Gasteiger charge is -2.44. The first-order valence-corrected chi connectivity index (χ1v) is 9.10. The van der Waals surface area contributed by atoms with Gasteiger partial charge in [-0.05, 0) is 68.6 Å².